The van der Waals surface area contributed by atoms with Crippen molar-refractivity contribution in [1.29, 1.82) is 0 Å². The molecule has 1 heterocycles. The van der Waals surface area contributed by atoms with Crippen LogP contribution in [0, 0.1) is 6.92 Å². The van der Waals surface area contributed by atoms with E-state index in [1.165, 1.54) is 0 Å². The lowest BCUT2D eigenvalue weighted by Gasteiger charge is -2.07. The molecule has 0 saturated carbocycles. The predicted octanol–water partition coefficient (Wildman–Crippen LogP) is 2.22. The molecule has 3 aromatic rings. The molecule has 2 N–H and O–H groups in total. The first-order valence-corrected chi connectivity index (χ1v) is 8.08. The Morgan fingerprint density at radius 2 is 1.88 bits per heavy atom. The number of carbonyl (C=O) groups is 2. The zero-order chi connectivity index (χ0) is 17.6. The van der Waals surface area contributed by atoms with E-state index >= 15 is 0 Å². The zero-order valence-electron chi connectivity index (χ0n) is 13.9. The van der Waals surface area contributed by atoms with Gasteiger partial charge in [0.1, 0.15) is 5.52 Å². The Hall–Kier alpha value is -3.15. The molecule has 0 radical (unpaired) electrons. The second kappa shape index (κ2) is 7.61. The van der Waals surface area contributed by atoms with E-state index < -0.39 is 0 Å². The van der Waals surface area contributed by atoms with Gasteiger partial charge in [0.2, 0.25) is 5.91 Å². The number of hydrogen-bond donors (Lipinski definition) is 2. The topological polar surface area (TPSA) is 84.2 Å². The number of fused-ring (bicyclic) bond motifs is 1. The van der Waals surface area contributed by atoms with Crippen LogP contribution < -0.4 is 10.6 Å². The molecule has 2 amide bonds. The van der Waals surface area contributed by atoms with Crippen molar-refractivity contribution in [2.24, 2.45) is 0 Å². The van der Waals surface area contributed by atoms with Crippen molar-refractivity contribution < 1.29 is 14.0 Å². The van der Waals surface area contributed by atoms with Crippen molar-refractivity contribution in [2.45, 2.75) is 13.3 Å². The van der Waals surface area contributed by atoms with Crippen molar-refractivity contribution in [3.05, 3.63) is 65.5 Å². The zero-order valence-corrected chi connectivity index (χ0v) is 13.9. The standard InChI is InChI=1S/C19H19N3O3/c1-13-22-16-8-7-14(11-17(16)25-13)9-10-20-18(23)12-21-19(24)15-5-3-2-4-6-15/h2-8,11H,9-10,12H2,1H3,(H,20,23)(H,21,24). The maximum atomic E-state index is 11.9. The summed E-state index contributed by atoms with van der Waals surface area (Å²) in [7, 11) is 0. The van der Waals surface area contributed by atoms with Crippen molar-refractivity contribution in [1.82, 2.24) is 15.6 Å². The molecule has 0 aliphatic rings. The van der Waals surface area contributed by atoms with Crippen LogP contribution in [0.2, 0.25) is 0 Å². The Kier molecular flexibility index (Phi) is 5.09. The van der Waals surface area contributed by atoms with Gasteiger partial charge in [-0.25, -0.2) is 4.98 Å². The molecule has 0 atom stereocenters. The fraction of sp³-hybridized carbons (Fsp3) is 0.211. The van der Waals surface area contributed by atoms with Crippen LogP contribution in [0.15, 0.2) is 52.9 Å². The first-order chi connectivity index (χ1) is 12.1. The van der Waals surface area contributed by atoms with E-state index in [0.717, 1.165) is 16.7 Å². The number of carbonyl (C=O) groups excluding carboxylic acids is 2. The summed E-state index contributed by atoms with van der Waals surface area (Å²) in [5.41, 5.74) is 3.16. The van der Waals surface area contributed by atoms with Gasteiger partial charge in [-0.2, -0.15) is 0 Å². The number of rotatable bonds is 6. The molecule has 0 unspecified atom stereocenters. The van der Waals surface area contributed by atoms with E-state index in [1.807, 2.05) is 31.2 Å². The highest BCUT2D eigenvalue weighted by Crippen LogP contribution is 2.16. The molecule has 128 valence electrons. The molecule has 2 aromatic carbocycles. The third kappa shape index (κ3) is 4.44. The van der Waals surface area contributed by atoms with E-state index in [1.54, 1.807) is 24.3 Å². The van der Waals surface area contributed by atoms with Crippen molar-refractivity contribution in [2.75, 3.05) is 13.1 Å². The third-order valence-electron chi connectivity index (χ3n) is 3.74. The Balaban J connectivity index is 1.43. The average molecular weight is 337 g/mol. The number of nitrogens with one attached hydrogen (secondary N) is 2. The minimum atomic E-state index is -0.262. The van der Waals surface area contributed by atoms with Gasteiger partial charge in [0, 0.05) is 19.0 Å². The Morgan fingerprint density at radius 1 is 1.08 bits per heavy atom. The maximum absolute atomic E-state index is 11.9. The third-order valence-corrected chi connectivity index (χ3v) is 3.74. The van der Waals surface area contributed by atoms with Gasteiger partial charge >= 0.3 is 0 Å². The van der Waals surface area contributed by atoms with Crippen molar-refractivity contribution in [3.8, 4) is 0 Å². The monoisotopic (exact) mass is 337 g/mol. The first kappa shape index (κ1) is 16.7. The lowest BCUT2D eigenvalue weighted by atomic mass is 10.1. The molecular formula is C19H19N3O3. The molecule has 0 aliphatic heterocycles. The summed E-state index contributed by atoms with van der Waals surface area (Å²) in [5, 5.41) is 5.39. The van der Waals surface area contributed by atoms with Gasteiger partial charge in [0.15, 0.2) is 11.5 Å². The number of nitrogens with zero attached hydrogens (tertiary/aromatic N) is 1. The quantitative estimate of drug-likeness (QED) is 0.722. The largest absolute Gasteiger partial charge is 0.441 e. The first-order valence-electron chi connectivity index (χ1n) is 8.08. The van der Waals surface area contributed by atoms with Gasteiger partial charge in [-0.05, 0) is 36.2 Å². The van der Waals surface area contributed by atoms with E-state index in [9.17, 15) is 9.59 Å². The van der Waals surface area contributed by atoms with Crippen LogP contribution in [0.5, 0.6) is 0 Å². The Bertz CT molecular complexity index is 887. The van der Waals surface area contributed by atoms with Gasteiger partial charge in [-0.15, -0.1) is 0 Å². The van der Waals surface area contributed by atoms with Crippen LogP contribution in [0.4, 0.5) is 0 Å². The highest BCUT2D eigenvalue weighted by Gasteiger charge is 2.07. The van der Waals surface area contributed by atoms with Gasteiger partial charge in [-0.1, -0.05) is 24.3 Å². The Labute approximate surface area is 145 Å². The second-order valence-corrected chi connectivity index (χ2v) is 5.68. The van der Waals surface area contributed by atoms with Gasteiger partial charge in [0.05, 0.1) is 6.54 Å². The van der Waals surface area contributed by atoms with Gasteiger partial charge in [0.25, 0.3) is 5.91 Å². The summed E-state index contributed by atoms with van der Waals surface area (Å²) in [6.07, 6.45) is 0.675. The molecule has 0 spiro atoms. The Morgan fingerprint density at radius 3 is 2.68 bits per heavy atom. The molecule has 0 aliphatic carbocycles. The summed E-state index contributed by atoms with van der Waals surface area (Å²) < 4.78 is 5.50. The fourth-order valence-electron chi connectivity index (χ4n) is 2.50. The normalized spacial score (nSPS) is 10.6. The molecule has 1 aromatic heterocycles. The molecule has 6 heteroatoms. The number of benzene rings is 2. The van der Waals surface area contributed by atoms with Crippen LogP contribution in [0.1, 0.15) is 21.8 Å². The number of oxazole rings is 1. The fourth-order valence-corrected chi connectivity index (χ4v) is 2.50. The number of hydrogen-bond acceptors (Lipinski definition) is 4. The number of amides is 2. The van der Waals surface area contributed by atoms with Crippen LogP contribution >= 0.6 is 0 Å². The predicted molar refractivity (Wildman–Crippen MR) is 94.2 cm³/mol. The molecule has 6 nitrogen and oxygen atoms in total. The average Bonchev–Trinajstić information content (AvgIpc) is 2.99. The lowest BCUT2D eigenvalue weighted by molar-refractivity contribution is -0.120. The van der Waals surface area contributed by atoms with E-state index in [-0.39, 0.29) is 18.4 Å². The van der Waals surface area contributed by atoms with Crippen LogP contribution in [-0.2, 0) is 11.2 Å². The van der Waals surface area contributed by atoms with E-state index in [0.29, 0.717) is 24.4 Å². The van der Waals surface area contributed by atoms with Crippen molar-refractivity contribution in [3.63, 3.8) is 0 Å². The highest BCUT2D eigenvalue weighted by molar-refractivity contribution is 5.96. The lowest BCUT2D eigenvalue weighted by Crippen LogP contribution is -2.37. The molecule has 0 bridgehead atoms. The van der Waals surface area contributed by atoms with Crippen LogP contribution in [0.3, 0.4) is 0 Å². The molecule has 0 fully saturated rings. The van der Waals surface area contributed by atoms with E-state index in [2.05, 4.69) is 15.6 Å². The highest BCUT2D eigenvalue weighted by atomic mass is 16.3. The summed E-state index contributed by atoms with van der Waals surface area (Å²) in [6, 6.07) is 14.6. The SMILES string of the molecule is Cc1nc2ccc(CCNC(=O)CNC(=O)c3ccccc3)cc2o1. The summed E-state index contributed by atoms with van der Waals surface area (Å²) in [6.45, 7) is 2.25. The van der Waals surface area contributed by atoms with E-state index in [4.69, 9.17) is 4.42 Å². The second-order valence-electron chi connectivity index (χ2n) is 5.68. The smallest absolute Gasteiger partial charge is 0.251 e. The van der Waals surface area contributed by atoms with Crippen LogP contribution in [0.25, 0.3) is 11.1 Å². The number of aryl methyl sites for hydroxylation is 1. The molecule has 3 rings (SSSR count). The van der Waals surface area contributed by atoms with Crippen molar-refractivity contribution >= 4 is 22.9 Å². The molecular weight excluding hydrogens is 318 g/mol. The minimum Gasteiger partial charge on any atom is -0.441 e. The summed E-state index contributed by atoms with van der Waals surface area (Å²) in [5.74, 6) is 0.150. The molecule has 25 heavy (non-hydrogen) atoms. The summed E-state index contributed by atoms with van der Waals surface area (Å²) in [4.78, 5) is 27.9. The molecule has 0 saturated heterocycles. The summed E-state index contributed by atoms with van der Waals surface area (Å²) >= 11 is 0. The number of aromatic nitrogens is 1. The van der Waals surface area contributed by atoms with Gasteiger partial charge < -0.3 is 15.1 Å². The van der Waals surface area contributed by atoms with Gasteiger partial charge in [-0.3, -0.25) is 9.59 Å². The van der Waals surface area contributed by atoms with Crippen LogP contribution in [-0.4, -0.2) is 29.9 Å². The minimum absolute atomic E-state index is 0.0476. The maximum Gasteiger partial charge on any atom is 0.251 e.